The molecule has 0 aliphatic heterocycles. The number of pyridine rings is 1. The minimum Gasteiger partial charge on any atom is -0.478 e. The summed E-state index contributed by atoms with van der Waals surface area (Å²) in [6, 6.07) is 5.89. The molecule has 0 amide bonds. The normalized spacial score (nSPS) is 11.2. The number of carboxylic acids is 1. The number of hydrogen-bond donors (Lipinski definition) is 2. The van der Waals surface area contributed by atoms with Crippen LogP contribution in [0.3, 0.4) is 0 Å². The number of nitrogens with one attached hydrogen (secondary N) is 1. The van der Waals surface area contributed by atoms with Gasteiger partial charge in [-0.05, 0) is 24.3 Å². The first-order chi connectivity index (χ1) is 9.38. The number of carbonyl (C=O) groups is 1. The molecule has 0 saturated heterocycles. The highest BCUT2D eigenvalue weighted by Crippen LogP contribution is 2.31. The van der Waals surface area contributed by atoms with Crippen LogP contribution in [0.1, 0.15) is 15.9 Å². The molecule has 4 nitrogen and oxygen atoms in total. The van der Waals surface area contributed by atoms with E-state index in [1.165, 1.54) is 24.4 Å². The van der Waals surface area contributed by atoms with Gasteiger partial charge in [0.2, 0.25) is 0 Å². The van der Waals surface area contributed by atoms with Crippen LogP contribution in [-0.2, 0) is 6.18 Å². The van der Waals surface area contributed by atoms with Crippen molar-refractivity contribution in [3.05, 3.63) is 53.9 Å². The van der Waals surface area contributed by atoms with Crippen molar-refractivity contribution in [1.29, 1.82) is 0 Å². The minimum absolute atomic E-state index is 0.120. The maximum atomic E-state index is 12.6. The lowest BCUT2D eigenvalue weighted by atomic mass is 10.1. The van der Waals surface area contributed by atoms with Gasteiger partial charge in [-0.3, -0.25) is 4.98 Å². The fraction of sp³-hybridized carbons (Fsp3) is 0.0769. The maximum Gasteiger partial charge on any atom is 0.416 e. The van der Waals surface area contributed by atoms with Gasteiger partial charge >= 0.3 is 12.1 Å². The summed E-state index contributed by atoms with van der Waals surface area (Å²) in [6.45, 7) is 0. The van der Waals surface area contributed by atoms with Gasteiger partial charge in [0.25, 0.3) is 0 Å². The summed E-state index contributed by atoms with van der Waals surface area (Å²) >= 11 is 0. The van der Waals surface area contributed by atoms with Crippen molar-refractivity contribution in [2.24, 2.45) is 0 Å². The monoisotopic (exact) mass is 282 g/mol. The van der Waals surface area contributed by atoms with E-state index >= 15 is 0 Å². The number of aromatic nitrogens is 1. The number of halogens is 3. The predicted octanol–water partition coefficient (Wildman–Crippen LogP) is 3.54. The molecule has 0 fully saturated rings. The van der Waals surface area contributed by atoms with E-state index in [1.54, 1.807) is 0 Å². The van der Waals surface area contributed by atoms with Crippen molar-refractivity contribution < 1.29 is 23.1 Å². The van der Waals surface area contributed by atoms with Crippen LogP contribution in [0.4, 0.5) is 24.5 Å². The Morgan fingerprint density at radius 3 is 2.65 bits per heavy atom. The third kappa shape index (κ3) is 3.05. The molecule has 1 aromatic carbocycles. The van der Waals surface area contributed by atoms with Crippen LogP contribution in [0.2, 0.25) is 0 Å². The molecule has 2 N–H and O–H groups in total. The molecule has 1 heterocycles. The van der Waals surface area contributed by atoms with Gasteiger partial charge in [-0.2, -0.15) is 13.2 Å². The third-order valence-electron chi connectivity index (χ3n) is 2.52. The minimum atomic E-state index is -4.45. The SMILES string of the molecule is O=C(O)c1cnccc1Nc1cccc(C(F)(F)F)c1. The summed E-state index contributed by atoms with van der Waals surface area (Å²) in [6.07, 6.45) is -1.98. The molecule has 0 bridgehead atoms. The van der Waals surface area contributed by atoms with E-state index in [2.05, 4.69) is 10.3 Å². The molecule has 7 heteroatoms. The first-order valence-corrected chi connectivity index (χ1v) is 5.49. The van der Waals surface area contributed by atoms with Gasteiger partial charge in [-0.1, -0.05) is 6.07 Å². The van der Waals surface area contributed by atoms with Crippen LogP contribution in [0.15, 0.2) is 42.7 Å². The number of rotatable bonds is 3. The van der Waals surface area contributed by atoms with Crippen molar-refractivity contribution >= 4 is 17.3 Å². The van der Waals surface area contributed by atoms with Crippen LogP contribution in [-0.4, -0.2) is 16.1 Å². The Morgan fingerprint density at radius 1 is 1.25 bits per heavy atom. The first-order valence-electron chi connectivity index (χ1n) is 5.49. The summed E-state index contributed by atoms with van der Waals surface area (Å²) in [5, 5.41) is 11.6. The van der Waals surface area contributed by atoms with Crippen molar-refractivity contribution in [3.63, 3.8) is 0 Å². The highest BCUT2D eigenvalue weighted by atomic mass is 19.4. The number of anilines is 2. The lowest BCUT2D eigenvalue weighted by Crippen LogP contribution is -2.06. The Kier molecular flexibility index (Phi) is 3.60. The third-order valence-corrected chi connectivity index (χ3v) is 2.52. The lowest BCUT2D eigenvalue weighted by molar-refractivity contribution is -0.137. The fourth-order valence-corrected chi connectivity index (χ4v) is 1.60. The Bertz CT molecular complexity index is 642. The second-order valence-corrected chi connectivity index (χ2v) is 3.93. The fourth-order valence-electron chi connectivity index (χ4n) is 1.60. The van der Waals surface area contributed by atoms with Crippen LogP contribution in [0.25, 0.3) is 0 Å². The molecular formula is C13H9F3N2O2. The van der Waals surface area contributed by atoms with Crippen LogP contribution in [0.5, 0.6) is 0 Å². The quantitative estimate of drug-likeness (QED) is 0.903. The molecule has 104 valence electrons. The van der Waals surface area contributed by atoms with Gasteiger partial charge in [0.1, 0.15) is 5.56 Å². The number of hydrogen-bond acceptors (Lipinski definition) is 3. The van der Waals surface area contributed by atoms with Gasteiger partial charge in [-0.15, -0.1) is 0 Å². The smallest absolute Gasteiger partial charge is 0.416 e. The summed E-state index contributed by atoms with van der Waals surface area (Å²) in [4.78, 5) is 14.6. The van der Waals surface area contributed by atoms with Gasteiger partial charge in [0.15, 0.2) is 0 Å². The Labute approximate surface area is 111 Å². The Morgan fingerprint density at radius 2 is 2.00 bits per heavy atom. The zero-order valence-electron chi connectivity index (χ0n) is 9.98. The summed E-state index contributed by atoms with van der Waals surface area (Å²) in [5.74, 6) is -1.22. The molecule has 0 spiro atoms. The van der Waals surface area contributed by atoms with Crippen molar-refractivity contribution in [2.75, 3.05) is 5.32 Å². The summed E-state index contributed by atoms with van der Waals surface area (Å²) in [5.41, 5.74) is -0.612. The van der Waals surface area contributed by atoms with Gasteiger partial charge in [0.05, 0.1) is 11.3 Å². The van der Waals surface area contributed by atoms with E-state index in [-0.39, 0.29) is 16.9 Å². The topological polar surface area (TPSA) is 62.2 Å². The van der Waals surface area contributed by atoms with Crippen LogP contribution < -0.4 is 5.32 Å². The summed E-state index contributed by atoms with van der Waals surface area (Å²) in [7, 11) is 0. The molecule has 20 heavy (non-hydrogen) atoms. The highest BCUT2D eigenvalue weighted by Gasteiger charge is 2.30. The first kappa shape index (κ1) is 13.9. The zero-order chi connectivity index (χ0) is 14.8. The van der Waals surface area contributed by atoms with Gasteiger partial charge in [-0.25, -0.2) is 4.79 Å². The van der Waals surface area contributed by atoms with E-state index in [4.69, 9.17) is 5.11 Å². The van der Waals surface area contributed by atoms with Crippen molar-refractivity contribution in [3.8, 4) is 0 Å². The lowest BCUT2D eigenvalue weighted by Gasteiger charge is -2.11. The Balaban J connectivity index is 2.34. The van der Waals surface area contributed by atoms with E-state index in [9.17, 15) is 18.0 Å². The molecule has 0 aliphatic carbocycles. The highest BCUT2D eigenvalue weighted by molar-refractivity contribution is 5.94. The van der Waals surface area contributed by atoms with Gasteiger partial charge in [0, 0.05) is 18.1 Å². The number of nitrogens with zero attached hydrogens (tertiary/aromatic N) is 1. The molecule has 2 rings (SSSR count). The second-order valence-electron chi connectivity index (χ2n) is 3.93. The summed E-state index contributed by atoms with van der Waals surface area (Å²) < 4.78 is 37.7. The standard InChI is InChI=1S/C13H9F3N2O2/c14-13(15,16)8-2-1-3-9(6-8)18-11-4-5-17-7-10(11)12(19)20/h1-7H,(H,17,18)(H,19,20). The molecule has 0 unspecified atom stereocenters. The van der Waals surface area contributed by atoms with Crippen molar-refractivity contribution in [1.82, 2.24) is 4.98 Å². The molecular weight excluding hydrogens is 273 g/mol. The van der Waals surface area contributed by atoms with E-state index < -0.39 is 17.7 Å². The molecule has 1 aromatic heterocycles. The number of alkyl halides is 3. The van der Waals surface area contributed by atoms with Crippen molar-refractivity contribution in [2.45, 2.75) is 6.18 Å². The Hall–Kier alpha value is -2.57. The van der Waals surface area contributed by atoms with Gasteiger partial charge < -0.3 is 10.4 Å². The number of benzene rings is 1. The van der Waals surface area contributed by atoms with Crippen LogP contribution >= 0.6 is 0 Å². The number of aromatic carboxylic acids is 1. The van der Waals surface area contributed by atoms with Crippen LogP contribution in [0, 0.1) is 0 Å². The number of carboxylic acid groups (broad SMARTS) is 1. The van der Waals surface area contributed by atoms with E-state index in [0.29, 0.717) is 0 Å². The zero-order valence-corrected chi connectivity index (χ0v) is 9.98. The van der Waals surface area contributed by atoms with E-state index in [0.717, 1.165) is 18.3 Å². The molecule has 0 saturated carbocycles. The largest absolute Gasteiger partial charge is 0.478 e. The molecule has 0 aliphatic rings. The molecule has 0 radical (unpaired) electrons. The molecule has 2 aromatic rings. The maximum absolute atomic E-state index is 12.6. The predicted molar refractivity (Wildman–Crippen MR) is 65.9 cm³/mol. The molecule has 0 atom stereocenters. The average molecular weight is 282 g/mol. The van der Waals surface area contributed by atoms with E-state index in [1.807, 2.05) is 0 Å². The second kappa shape index (κ2) is 5.20. The average Bonchev–Trinajstić information content (AvgIpc) is 2.38.